The van der Waals surface area contributed by atoms with E-state index in [4.69, 9.17) is 4.74 Å². The Kier molecular flexibility index (Phi) is 2.90. The maximum Gasteiger partial charge on any atom is 0.318 e. The fourth-order valence-corrected chi connectivity index (χ4v) is 1.78. The second-order valence-corrected chi connectivity index (χ2v) is 3.60. The summed E-state index contributed by atoms with van der Waals surface area (Å²) in [4.78, 5) is 23.5. The summed E-state index contributed by atoms with van der Waals surface area (Å²) >= 11 is 0. The number of nitrogens with one attached hydrogen (secondary N) is 1. The summed E-state index contributed by atoms with van der Waals surface area (Å²) in [5.41, 5.74) is 1.35. The maximum atomic E-state index is 12.0. The Labute approximate surface area is 93.6 Å². The topological polar surface area (TPSA) is 55.4 Å². The SMILES string of the molecule is CCOC(=O)C1CNc2ccccc2C1=O. The van der Waals surface area contributed by atoms with E-state index in [0.29, 0.717) is 18.7 Å². The fourth-order valence-electron chi connectivity index (χ4n) is 1.78. The number of para-hydroxylation sites is 1. The van der Waals surface area contributed by atoms with Gasteiger partial charge in [-0.15, -0.1) is 0 Å². The van der Waals surface area contributed by atoms with Gasteiger partial charge in [-0.2, -0.15) is 0 Å². The Morgan fingerprint density at radius 1 is 1.50 bits per heavy atom. The Morgan fingerprint density at radius 2 is 2.25 bits per heavy atom. The molecule has 0 saturated heterocycles. The number of anilines is 1. The standard InChI is InChI=1S/C12H13NO3/c1-2-16-12(15)9-7-13-10-6-4-3-5-8(10)11(9)14/h3-6,9,13H,2,7H2,1H3. The minimum absolute atomic E-state index is 0.159. The minimum Gasteiger partial charge on any atom is -0.465 e. The van der Waals surface area contributed by atoms with Crippen LogP contribution in [0.5, 0.6) is 0 Å². The molecule has 1 aliphatic heterocycles. The number of hydrogen-bond donors (Lipinski definition) is 1. The second-order valence-electron chi connectivity index (χ2n) is 3.60. The normalized spacial score (nSPS) is 18.6. The van der Waals surface area contributed by atoms with E-state index in [2.05, 4.69) is 5.32 Å². The third kappa shape index (κ3) is 1.78. The van der Waals surface area contributed by atoms with Crippen molar-refractivity contribution in [3.05, 3.63) is 29.8 Å². The van der Waals surface area contributed by atoms with Crippen LogP contribution in [0.15, 0.2) is 24.3 Å². The van der Waals surface area contributed by atoms with Crippen molar-refractivity contribution < 1.29 is 14.3 Å². The van der Waals surface area contributed by atoms with Crippen LogP contribution in [0.1, 0.15) is 17.3 Å². The van der Waals surface area contributed by atoms with Gasteiger partial charge in [0.15, 0.2) is 5.78 Å². The van der Waals surface area contributed by atoms with Crippen LogP contribution in [0.4, 0.5) is 5.69 Å². The lowest BCUT2D eigenvalue weighted by Gasteiger charge is -2.23. The van der Waals surface area contributed by atoms with E-state index in [1.54, 1.807) is 19.1 Å². The molecule has 0 aromatic heterocycles. The summed E-state index contributed by atoms with van der Waals surface area (Å²) in [6.07, 6.45) is 0. The van der Waals surface area contributed by atoms with Gasteiger partial charge in [0.25, 0.3) is 0 Å². The van der Waals surface area contributed by atoms with E-state index in [9.17, 15) is 9.59 Å². The molecule has 0 aliphatic carbocycles. The van der Waals surface area contributed by atoms with E-state index in [-0.39, 0.29) is 5.78 Å². The summed E-state index contributed by atoms with van der Waals surface area (Å²) in [7, 11) is 0. The molecule has 1 aliphatic rings. The highest BCUT2D eigenvalue weighted by atomic mass is 16.5. The van der Waals surface area contributed by atoms with Crippen LogP contribution in [0, 0.1) is 5.92 Å². The van der Waals surface area contributed by atoms with Crippen LogP contribution in [-0.4, -0.2) is 24.9 Å². The van der Waals surface area contributed by atoms with Gasteiger partial charge in [-0.05, 0) is 19.1 Å². The van der Waals surface area contributed by atoms with Crippen molar-refractivity contribution in [1.82, 2.24) is 0 Å². The average Bonchev–Trinajstić information content (AvgIpc) is 2.30. The molecular formula is C12H13NO3. The molecule has 1 N–H and O–H groups in total. The lowest BCUT2D eigenvalue weighted by Crippen LogP contribution is -2.36. The molecule has 0 saturated carbocycles. The highest BCUT2D eigenvalue weighted by Crippen LogP contribution is 2.24. The summed E-state index contributed by atoms with van der Waals surface area (Å²) in [6, 6.07) is 7.18. The smallest absolute Gasteiger partial charge is 0.318 e. The third-order valence-corrected chi connectivity index (χ3v) is 2.58. The van der Waals surface area contributed by atoms with E-state index in [0.717, 1.165) is 5.69 Å². The highest BCUT2D eigenvalue weighted by molar-refractivity contribution is 6.13. The minimum atomic E-state index is -0.713. The predicted molar refractivity (Wildman–Crippen MR) is 59.4 cm³/mol. The molecule has 4 nitrogen and oxygen atoms in total. The largest absolute Gasteiger partial charge is 0.465 e. The highest BCUT2D eigenvalue weighted by Gasteiger charge is 2.33. The van der Waals surface area contributed by atoms with Crippen molar-refractivity contribution in [3.63, 3.8) is 0 Å². The van der Waals surface area contributed by atoms with Gasteiger partial charge >= 0.3 is 5.97 Å². The summed E-state index contributed by atoms with van der Waals surface area (Å²) in [6.45, 7) is 2.34. The molecule has 1 heterocycles. The van der Waals surface area contributed by atoms with E-state index in [1.165, 1.54) is 0 Å². The number of esters is 1. The first-order valence-electron chi connectivity index (χ1n) is 5.27. The van der Waals surface area contributed by atoms with E-state index in [1.807, 2.05) is 12.1 Å². The maximum absolute atomic E-state index is 12.0. The van der Waals surface area contributed by atoms with Crippen molar-refractivity contribution in [2.24, 2.45) is 5.92 Å². The van der Waals surface area contributed by atoms with Crippen LogP contribution in [-0.2, 0) is 9.53 Å². The quantitative estimate of drug-likeness (QED) is 0.604. The van der Waals surface area contributed by atoms with Crippen LogP contribution >= 0.6 is 0 Å². The Bertz CT molecular complexity index is 428. The number of hydrogen-bond acceptors (Lipinski definition) is 4. The lowest BCUT2D eigenvalue weighted by molar-refractivity contribution is -0.145. The number of carbonyl (C=O) groups excluding carboxylic acids is 2. The predicted octanol–water partition coefficient (Wildman–Crippen LogP) is 1.47. The summed E-state index contributed by atoms with van der Waals surface area (Å²) in [5.74, 6) is -1.32. The zero-order chi connectivity index (χ0) is 11.5. The first kappa shape index (κ1) is 10.7. The molecule has 0 bridgehead atoms. The molecule has 84 valence electrons. The summed E-state index contributed by atoms with van der Waals surface area (Å²) < 4.78 is 4.87. The molecular weight excluding hydrogens is 206 g/mol. The van der Waals surface area contributed by atoms with Crippen molar-refractivity contribution in [1.29, 1.82) is 0 Å². The molecule has 1 aromatic rings. The van der Waals surface area contributed by atoms with E-state index >= 15 is 0 Å². The molecule has 1 atom stereocenters. The summed E-state index contributed by atoms with van der Waals surface area (Å²) in [5, 5.41) is 3.06. The second kappa shape index (κ2) is 4.35. The van der Waals surface area contributed by atoms with Crippen LogP contribution < -0.4 is 5.32 Å². The van der Waals surface area contributed by atoms with Gasteiger partial charge in [0.05, 0.1) is 6.61 Å². The van der Waals surface area contributed by atoms with Crippen LogP contribution in [0.25, 0.3) is 0 Å². The Hall–Kier alpha value is -1.84. The molecule has 0 radical (unpaired) electrons. The zero-order valence-corrected chi connectivity index (χ0v) is 9.03. The van der Waals surface area contributed by atoms with E-state index < -0.39 is 11.9 Å². The molecule has 0 spiro atoms. The fraction of sp³-hybridized carbons (Fsp3) is 0.333. The van der Waals surface area contributed by atoms with Crippen molar-refractivity contribution in [2.75, 3.05) is 18.5 Å². The number of carbonyl (C=O) groups is 2. The number of ketones is 1. The van der Waals surface area contributed by atoms with Gasteiger partial charge in [-0.25, -0.2) is 0 Å². The lowest BCUT2D eigenvalue weighted by atomic mass is 9.92. The average molecular weight is 219 g/mol. The molecule has 1 unspecified atom stereocenters. The van der Waals surface area contributed by atoms with Crippen molar-refractivity contribution >= 4 is 17.4 Å². The van der Waals surface area contributed by atoms with Crippen molar-refractivity contribution in [3.8, 4) is 0 Å². The van der Waals surface area contributed by atoms with Gasteiger partial charge in [0.2, 0.25) is 0 Å². The number of Topliss-reactive ketones (excluding diaryl/α,β-unsaturated/α-hetero) is 1. The third-order valence-electron chi connectivity index (χ3n) is 2.58. The molecule has 16 heavy (non-hydrogen) atoms. The van der Waals surface area contributed by atoms with Gasteiger partial charge in [-0.1, -0.05) is 12.1 Å². The number of ether oxygens (including phenoxy) is 1. The molecule has 0 fully saturated rings. The molecule has 4 heteroatoms. The van der Waals surface area contributed by atoms with Gasteiger partial charge in [0.1, 0.15) is 5.92 Å². The first-order chi connectivity index (χ1) is 7.74. The molecule has 0 amide bonds. The van der Waals surface area contributed by atoms with Crippen molar-refractivity contribution in [2.45, 2.75) is 6.92 Å². The van der Waals surface area contributed by atoms with Gasteiger partial charge < -0.3 is 10.1 Å². The zero-order valence-electron chi connectivity index (χ0n) is 9.03. The molecule has 1 aromatic carbocycles. The number of rotatable bonds is 2. The van der Waals surface area contributed by atoms with Gasteiger partial charge in [-0.3, -0.25) is 9.59 Å². The first-order valence-corrected chi connectivity index (χ1v) is 5.27. The van der Waals surface area contributed by atoms with Gasteiger partial charge in [0, 0.05) is 17.8 Å². The number of benzene rings is 1. The molecule has 2 rings (SSSR count). The Balaban J connectivity index is 2.24. The van der Waals surface area contributed by atoms with Crippen LogP contribution in [0.2, 0.25) is 0 Å². The monoisotopic (exact) mass is 219 g/mol. The van der Waals surface area contributed by atoms with Crippen LogP contribution in [0.3, 0.4) is 0 Å². The number of fused-ring (bicyclic) bond motifs is 1. The Morgan fingerprint density at radius 3 is 3.00 bits per heavy atom.